The van der Waals surface area contributed by atoms with Gasteiger partial charge in [-0.05, 0) is 59.2 Å². The molecule has 1 aromatic carbocycles. The number of aromatic nitrogens is 2. The van der Waals surface area contributed by atoms with Crippen LogP contribution in [0.15, 0.2) is 53.5 Å². The summed E-state index contributed by atoms with van der Waals surface area (Å²) in [4.78, 5) is 79.1. The van der Waals surface area contributed by atoms with Gasteiger partial charge < -0.3 is 38.8 Å². The summed E-state index contributed by atoms with van der Waals surface area (Å²) in [5.74, 6) is -3.71. The van der Waals surface area contributed by atoms with Crippen molar-refractivity contribution in [3.63, 3.8) is 0 Å². The number of nitrogens with one attached hydrogen (secondary N) is 2. The highest BCUT2D eigenvalue weighted by Gasteiger charge is 2.55. The Balaban J connectivity index is 1.33. The third-order valence-corrected chi connectivity index (χ3v) is 10.7. The fraction of sp³-hybridized carbons (Fsp3) is 0.438. The average molecular weight is 778 g/mol. The number of amides is 3. The van der Waals surface area contributed by atoms with Crippen molar-refractivity contribution in [1.82, 2.24) is 25.7 Å². The number of hydrogen-bond donors (Lipinski definition) is 3. The molecular formula is C32H35N5O12S3. The van der Waals surface area contributed by atoms with Crippen molar-refractivity contribution >= 4 is 64.7 Å². The number of aryl methyl sites for hydroxylation is 2. The van der Waals surface area contributed by atoms with Crippen LogP contribution in [-0.4, -0.2) is 84.6 Å². The van der Waals surface area contributed by atoms with Gasteiger partial charge in [0, 0.05) is 17.1 Å². The number of nitrogens with zero attached hydrogens (tertiary/aromatic N) is 3. The SMILES string of the molecule is Cc1nnc(SCC2=C(C(=O)OCc3oc(=O)oc3C)N3C(=O)C(NC(=O)C(OC(=O)[C@H](C)NC(=O)OC(C)(C)C)c4ccc(O)cc4)[C@@H]3SC2)s1. The third kappa shape index (κ3) is 9.15. The summed E-state index contributed by atoms with van der Waals surface area (Å²) in [6.07, 6.45) is -2.47. The van der Waals surface area contributed by atoms with E-state index in [1.807, 2.05) is 6.92 Å². The molecule has 2 aliphatic heterocycles. The minimum absolute atomic E-state index is 0.00597. The van der Waals surface area contributed by atoms with Gasteiger partial charge in [-0.25, -0.2) is 19.2 Å². The van der Waals surface area contributed by atoms with Crippen molar-refractivity contribution < 1.29 is 52.1 Å². The average Bonchev–Trinajstić information content (AvgIpc) is 3.64. The smallest absolute Gasteiger partial charge is 0.508 e. The van der Waals surface area contributed by atoms with Crippen molar-refractivity contribution in [2.24, 2.45) is 0 Å². The number of phenolic OH excluding ortho intramolecular Hbond substituents is 1. The Bertz CT molecular complexity index is 1950. The van der Waals surface area contributed by atoms with Crippen LogP contribution in [0.25, 0.3) is 0 Å². The molecule has 3 amide bonds. The molecule has 3 N–H and O–H groups in total. The van der Waals surface area contributed by atoms with E-state index in [1.165, 1.54) is 77.9 Å². The predicted molar refractivity (Wildman–Crippen MR) is 185 cm³/mol. The topological polar surface area (TPSA) is 230 Å². The molecule has 1 saturated heterocycles. The molecule has 0 saturated carbocycles. The molecule has 52 heavy (non-hydrogen) atoms. The van der Waals surface area contributed by atoms with Crippen molar-refractivity contribution in [3.05, 3.63) is 68.2 Å². The van der Waals surface area contributed by atoms with Gasteiger partial charge in [-0.1, -0.05) is 35.2 Å². The number of thioether (sulfide) groups is 2. The second-order valence-electron chi connectivity index (χ2n) is 12.5. The zero-order valence-corrected chi connectivity index (χ0v) is 31.2. The number of benzene rings is 1. The van der Waals surface area contributed by atoms with Gasteiger partial charge in [0.05, 0.1) is 0 Å². The summed E-state index contributed by atoms with van der Waals surface area (Å²) >= 11 is 4.00. The maximum absolute atomic E-state index is 13.7. The quantitative estimate of drug-likeness (QED) is 0.104. The van der Waals surface area contributed by atoms with Crippen molar-refractivity contribution in [3.8, 4) is 5.75 Å². The Hall–Kier alpha value is -4.82. The fourth-order valence-corrected chi connectivity index (χ4v) is 8.19. The largest absolute Gasteiger partial charge is 0.519 e. The summed E-state index contributed by atoms with van der Waals surface area (Å²) in [5, 5.41) is 22.9. The van der Waals surface area contributed by atoms with Crippen LogP contribution in [0.5, 0.6) is 5.75 Å². The molecule has 278 valence electrons. The number of esters is 2. The number of ether oxygens (including phenoxy) is 3. The normalized spacial score (nSPS) is 18.1. The molecule has 2 aromatic heterocycles. The second kappa shape index (κ2) is 15.8. The lowest BCUT2D eigenvalue weighted by molar-refractivity contribution is -0.160. The number of fused-ring (bicyclic) bond motifs is 1. The number of β-lactam (4-membered cyclic amide) rings is 1. The fourth-order valence-electron chi connectivity index (χ4n) is 4.89. The van der Waals surface area contributed by atoms with Crippen LogP contribution in [0.4, 0.5) is 4.79 Å². The zero-order chi connectivity index (χ0) is 37.9. The first-order valence-corrected chi connectivity index (χ1v) is 18.5. The lowest BCUT2D eigenvalue weighted by Gasteiger charge is -2.49. The van der Waals surface area contributed by atoms with Gasteiger partial charge in [0.1, 0.15) is 39.5 Å². The van der Waals surface area contributed by atoms with E-state index in [4.69, 9.17) is 23.0 Å². The highest BCUT2D eigenvalue weighted by Crippen LogP contribution is 2.42. The van der Waals surface area contributed by atoms with Crippen LogP contribution in [0.3, 0.4) is 0 Å². The van der Waals surface area contributed by atoms with Gasteiger partial charge >= 0.3 is 23.9 Å². The molecule has 4 heterocycles. The number of aromatic hydroxyl groups is 1. The van der Waals surface area contributed by atoms with E-state index in [9.17, 15) is 33.9 Å². The third-order valence-electron chi connectivity index (χ3n) is 7.34. The molecule has 1 fully saturated rings. The van der Waals surface area contributed by atoms with Gasteiger partial charge in [0.2, 0.25) is 6.10 Å². The molecular weight excluding hydrogens is 743 g/mol. The molecule has 0 radical (unpaired) electrons. The molecule has 0 spiro atoms. The number of carbonyl (C=O) groups is 5. The predicted octanol–water partition coefficient (Wildman–Crippen LogP) is 3.09. The summed E-state index contributed by atoms with van der Waals surface area (Å²) in [6.45, 7) is 9.15. The summed E-state index contributed by atoms with van der Waals surface area (Å²) in [5.41, 5.74) is -0.123. The Morgan fingerprint density at radius 3 is 2.44 bits per heavy atom. The van der Waals surface area contributed by atoms with Crippen LogP contribution < -0.4 is 16.5 Å². The molecule has 4 atom stereocenters. The van der Waals surface area contributed by atoms with E-state index in [2.05, 4.69) is 20.8 Å². The second-order valence-corrected chi connectivity index (χ2v) is 16.0. The van der Waals surface area contributed by atoms with Gasteiger partial charge in [-0.15, -0.1) is 22.0 Å². The minimum atomic E-state index is -1.60. The van der Waals surface area contributed by atoms with Crippen LogP contribution in [0.2, 0.25) is 0 Å². The minimum Gasteiger partial charge on any atom is -0.508 e. The summed E-state index contributed by atoms with van der Waals surface area (Å²) < 4.78 is 26.6. The lowest BCUT2D eigenvalue weighted by Crippen LogP contribution is -2.71. The molecule has 0 aliphatic carbocycles. The molecule has 2 aliphatic rings. The first-order valence-electron chi connectivity index (χ1n) is 15.7. The van der Waals surface area contributed by atoms with Gasteiger partial charge in [-0.2, -0.15) is 0 Å². The van der Waals surface area contributed by atoms with Crippen LogP contribution in [0.1, 0.15) is 55.9 Å². The molecule has 20 heteroatoms. The summed E-state index contributed by atoms with van der Waals surface area (Å²) in [6, 6.07) is 2.96. The van der Waals surface area contributed by atoms with E-state index in [-0.39, 0.29) is 40.0 Å². The number of carbonyl (C=O) groups excluding carboxylic acids is 5. The molecule has 17 nitrogen and oxygen atoms in total. The first kappa shape index (κ1) is 38.4. The highest BCUT2D eigenvalue weighted by molar-refractivity contribution is 8.01. The number of hydrogen-bond acceptors (Lipinski definition) is 17. The van der Waals surface area contributed by atoms with E-state index in [1.54, 1.807) is 20.8 Å². The number of alkyl carbamates (subject to hydrolysis) is 1. The van der Waals surface area contributed by atoms with E-state index >= 15 is 0 Å². The Kier molecular flexibility index (Phi) is 11.7. The molecule has 3 aromatic rings. The van der Waals surface area contributed by atoms with E-state index in [0.29, 0.717) is 9.91 Å². The number of rotatable bonds is 12. The van der Waals surface area contributed by atoms with Crippen molar-refractivity contribution in [2.75, 3.05) is 11.5 Å². The van der Waals surface area contributed by atoms with Crippen molar-refractivity contribution in [1.29, 1.82) is 0 Å². The molecule has 5 rings (SSSR count). The number of phenols is 1. The Morgan fingerprint density at radius 2 is 1.83 bits per heavy atom. The zero-order valence-electron chi connectivity index (χ0n) is 28.7. The standard InChI is InChI=1S/C32H35N5O12S3/c1-14(33-29(43)49-32(4,5)6)27(41)48-23(17-7-9-19(38)10-8-17)24(39)34-21-25(40)37-22(28(42)45-11-20-15(2)46-31(44)47-20)18(12-50-26(21)37)13-51-30-36-35-16(3)52-30/h7-10,14,21,23,26,38H,11-13H2,1-6H3,(H,33,43)(H,34,39)/t14-,21?,23?,26-/m0/s1. The van der Waals surface area contributed by atoms with Crippen molar-refractivity contribution in [2.45, 2.75) is 81.7 Å². The maximum atomic E-state index is 13.7. The van der Waals surface area contributed by atoms with Gasteiger partial charge in [0.15, 0.2) is 22.5 Å². The van der Waals surface area contributed by atoms with E-state index in [0.717, 1.165) is 5.01 Å². The van der Waals surface area contributed by atoms with Crippen LogP contribution >= 0.6 is 34.9 Å². The molecule has 0 bridgehead atoms. The summed E-state index contributed by atoms with van der Waals surface area (Å²) in [7, 11) is 0. The highest BCUT2D eigenvalue weighted by atomic mass is 32.2. The maximum Gasteiger partial charge on any atom is 0.519 e. The van der Waals surface area contributed by atoms with Crippen LogP contribution in [-0.2, 0) is 40.0 Å². The Labute approximate surface area is 308 Å². The Morgan fingerprint density at radius 1 is 1.12 bits per heavy atom. The van der Waals surface area contributed by atoms with Gasteiger partial charge in [-0.3, -0.25) is 14.5 Å². The van der Waals surface area contributed by atoms with Crippen LogP contribution in [0, 0.1) is 13.8 Å². The van der Waals surface area contributed by atoms with Gasteiger partial charge in [0.25, 0.3) is 11.8 Å². The van der Waals surface area contributed by atoms with E-state index < -0.39 is 71.4 Å². The molecule has 2 unspecified atom stereocenters. The lowest BCUT2D eigenvalue weighted by atomic mass is 10.0. The monoisotopic (exact) mass is 777 g/mol. The first-order chi connectivity index (χ1) is 24.5.